The molecule has 0 bridgehead atoms. The summed E-state index contributed by atoms with van der Waals surface area (Å²) >= 11 is 0. The van der Waals surface area contributed by atoms with E-state index in [1.807, 2.05) is 84.0 Å². The molecule has 0 N–H and O–H groups in total. The lowest BCUT2D eigenvalue weighted by Crippen LogP contribution is -2.51. The molecule has 1 heterocycles. The molecule has 3 aromatic rings. The number of benzene rings is 3. The third kappa shape index (κ3) is 5.87. The van der Waals surface area contributed by atoms with Crippen molar-refractivity contribution in [2.45, 2.75) is 13.1 Å². The monoisotopic (exact) mass is 413 g/mol. The Labute approximate surface area is 183 Å². The first-order chi connectivity index (χ1) is 15.3. The first kappa shape index (κ1) is 21.0. The van der Waals surface area contributed by atoms with E-state index in [2.05, 4.69) is 22.1 Å². The van der Waals surface area contributed by atoms with Gasteiger partial charge in [0.1, 0.15) is 0 Å². The molecule has 0 unspecified atom stereocenters. The number of ether oxygens (including phenoxy) is 1. The third-order valence-electron chi connectivity index (χ3n) is 5.25. The average molecular weight is 414 g/mol. The molecule has 0 spiro atoms. The lowest BCUT2D eigenvalue weighted by Gasteiger charge is -2.37. The normalized spacial score (nSPS) is 14.6. The summed E-state index contributed by atoms with van der Waals surface area (Å²) < 4.78 is 5.48. The van der Waals surface area contributed by atoms with E-state index in [4.69, 9.17) is 4.74 Å². The highest BCUT2D eigenvalue weighted by Crippen LogP contribution is 2.15. The second kappa shape index (κ2) is 10.7. The van der Waals surface area contributed by atoms with Crippen LogP contribution in [0.15, 0.2) is 89.9 Å². The van der Waals surface area contributed by atoms with E-state index in [0.29, 0.717) is 45.0 Å². The number of nitrogens with zero attached hydrogens (tertiary/aromatic N) is 3. The molecule has 3 aromatic carbocycles. The summed E-state index contributed by atoms with van der Waals surface area (Å²) in [7, 11) is 0. The predicted molar refractivity (Wildman–Crippen MR) is 123 cm³/mol. The van der Waals surface area contributed by atoms with Crippen LogP contribution in [0, 0.1) is 0 Å². The molecular weight excluding hydrogens is 386 g/mol. The fourth-order valence-electron chi connectivity index (χ4n) is 3.55. The van der Waals surface area contributed by atoms with Gasteiger partial charge >= 0.3 is 0 Å². The van der Waals surface area contributed by atoms with Gasteiger partial charge in [-0.1, -0.05) is 72.8 Å². The second-order valence-corrected chi connectivity index (χ2v) is 7.49. The van der Waals surface area contributed by atoms with Gasteiger partial charge in [0.05, 0.1) is 26.3 Å². The maximum Gasteiger partial charge on any atom is 0.268 e. The lowest BCUT2D eigenvalue weighted by atomic mass is 10.1. The molecular formula is C26H27N3O2. The number of carbonyl (C=O) groups excluding carboxylic acids is 1. The summed E-state index contributed by atoms with van der Waals surface area (Å²) in [6.07, 6.45) is 1.85. The average Bonchev–Trinajstić information content (AvgIpc) is 2.84. The van der Waals surface area contributed by atoms with Gasteiger partial charge in [0.2, 0.25) is 0 Å². The fraction of sp³-hybridized carbons (Fsp3) is 0.231. The van der Waals surface area contributed by atoms with Gasteiger partial charge in [-0.25, -0.2) is 5.01 Å². The maximum atomic E-state index is 13.4. The van der Waals surface area contributed by atoms with Crippen molar-refractivity contribution < 1.29 is 9.53 Å². The van der Waals surface area contributed by atoms with Crippen molar-refractivity contribution in [1.82, 2.24) is 10.0 Å². The topological polar surface area (TPSA) is 45.1 Å². The Bertz CT molecular complexity index is 982. The Morgan fingerprint density at radius 3 is 2.13 bits per heavy atom. The zero-order valence-corrected chi connectivity index (χ0v) is 17.6. The summed E-state index contributed by atoms with van der Waals surface area (Å²) in [5, 5.41) is 3.93. The molecule has 0 atom stereocenters. The molecule has 0 aromatic heterocycles. The highest BCUT2D eigenvalue weighted by Gasteiger charge is 2.24. The lowest BCUT2D eigenvalue weighted by molar-refractivity contribution is -0.0739. The highest BCUT2D eigenvalue weighted by atomic mass is 16.5. The van der Waals surface area contributed by atoms with Crippen molar-refractivity contribution >= 4 is 12.1 Å². The van der Waals surface area contributed by atoms with Crippen LogP contribution in [-0.4, -0.2) is 48.4 Å². The van der Waals surface area contributed by atoms with Crippen LogP contribution in [0.1, 0.15) is 27.0 Å². The second-order valence-electron chi connectivity index (χ2n) is 7.49. The van der Waals surface area contributed by atoms with E-state index in [1.54, 1.807) is 0 Å². The van der Waals surface area contributed by atoms with Crippen molar-refractivity contribution in [3.8, 4) is 0 Å². The molecule has 4 rings (SSSR count). The van der Waals surface area contributed by atoms with Gasteiger partial charge < -0.3 is 4.74 Å². The van der Waals surface area contributed by atoms with Gasteiger partial charge in [0.25, 0.3) is 5.91 Å². The molecule has 31 heavy (non-hydrogen) atoms. The van der Waals surface area contributed by atoms with Crippen LogP contribution in [0.5, 0.6) is 0 Å². The zero-order chi connectivity index (χ0) is 21.3. The Hall–Kier alpha value is -3.28. The van der Waals surface area contributed by atoms with E-state index < -0.39 is 0 Å². The first-order valence-corrected chi connectivity index (χ1v) is 10.6. The Kier molecular flexibility index (Phi) is 7.21. The van der Waals surface area contributed by atoms with Crippen LogP contribution in [-0.2, 0) is 17.8 Å². The molecule has 0 radical (unpaired) electrons. The number of morpholine rings is 1. The number of carbonyl (C=O) groups is 1. The number of rotatable bonds is 7. The smallest absolute Gasteiger partial charge is 0.268 e. The van der Waals surface area contributed by atoms with Gasteiger partial charge in [-0.2, -0.15) is 0 Å². The van der Waals surface area contributed by atoms with Crippen molar-refractivity contribution in [2.24, 2.45) is 4.99 Å². The minimum atomic E-state index is -0.00136. The van der Waals surface area contributed by atoms with Gasteiger partial charge in [-0.05, 0) is 28.8 Å². The Morgan fingerprint density at radius 2 is 1.48 bits per heavy atom. The standard InChI is InChI=1S/C26H27N3O2/c30-26(29(28-15-17-31-18-16-28)21-24-9-5-2-6-10-24)25-13-11-23(12-14-25)20-27-19-22-7-3-1-4-8-22/h1-14,20H,15-19,21H2/b27-20-. The summed E-state index contributed by atoms with van der Waals surface area (Å²) in [5.74, 6) is -0.00136. The molecule has 0 aliphatic carbocycles. The molecule has 1 saturated heterocycles. The number of amides is 1. The summed E-state index contributed by atoms with van der Waals surface area (Å²) in [4.78, 5) is 17.9. The fourth-order valence-corrected chi connectivity index (χ4v) is 3.55. The van der Waals surface area contributed by atoms with Crippen LogP contribution < -0.4 is 0 Å². The Balaban J connectivity index is 1.45. The predicted octanol–water partition coefficient (Wildman–Crippen LogP) is 4.20. The quantitative estimate of drug-likeness (QED) is 0.546. The molecule has 1 aliphatic heterocycles. The van der Waals surface area contributed by atoms with Gasteiger partial charge in [-0.3, -0.25) is 14.8 Å². The van der Waals surface area contributed by atoms with E-state index in [-0.39, 0.29) is 5.91 Å². The van der Waals surface area contributed by atoms with Gasteiger partial charge in [0.15, 0.2) is 0 Å². The maximum absolute atomic E-state index is 13.4. The molecule has 1 aliphatic rings. The van der Waals surface area contributed by atoms with Crippen LogP contribution in [0.25, 0.3) is 0 Å². The zero-order valence-electron chi connectivity index (χ0n) is 17.6. The molecule has 0 saturated carbocycles. The first-order valence-electron chi connectivity index (χ1n) is 10.6. The van der Waals surface area contributed by atoms with Crippen LogP contribution >= 0.6 is 0 Å². The van der Waals surface area contributed by atoms with Gasteiger partial charge in [-0.15, -0.1) is 0 Å². The van der Waals surface area contributed by atoms with Crippen molar-refractivity contribution in [3.05, 3.63) is 107 Å². The molecule has 1 fully saturated rings. The molecule has 5 heteroatoms. The summed E-state index contributed by atoms with van der Waals surface area (Å²) in [5.41, 5.74) is 3.93. The molecule has 158 valence electrons. The van der Waals surface area contributed by atoms with E-state index in [1.165, 1.54) is 5.56 Å². The van der Waals surface area contributed by atoms with E-state index in [9.17, 15) is 4.79 Å². The minimum Gasteiger partial charge on any atom is -0.379 e. The summed E-state index contributed by atoms with van der Waals surface area (Å²) in [6.45, 7) is 3.87. The van der Waals surface area contributed by atoms with Crippen molar-refractivity contribution in [3.63, 3.8) is 0 Å². The number of hydrogen-bond acceptors (Lipinski definition) is 4. The van der Waals surface area contributed by atoms with Crippen molar-refractivity contribution in [2.75, 3.05) is 26.3 Å². The minimum absolute atomic E-state index is 0.00136. The van der Waals surface area contributed by atoms with E-state index >= 15 is 0 Å². The van der Waals surface area contributed by atoms with Crippen molar-refractivity contribution in [1.29, 1.82) is 0 Å². The van der Waals surface area contributed by atoms with E-state index in [0.717, 1.165) is 11.1 Å². The highest BCUT2D eigenvalue weighted by molar-refractivity contribution is 5.94. The van der Waals surface area contributed by atoms with Gasteiger partial charge in [0, 0.05) is 24.9 Å². The molecule has 5 nitrogen and oxygen atoms in total. The number of aliphatic imine (C=N–C) groups is 1. The third-order valence-corrected chi connectivity index (χ3v) is 5.25. The Morgan fingerprint density at radius 1 is 0.871 bits per heavy atom. The number of hydrogen-bond donors (Lipinski definition) is 0. The van der Waals surface area contributed by atoms with Crippen LogP contribution in [0.2, 0.25) is 0 Å². The van der Waals surface area contributed by atoms with Crippen LogP contribution in [0.4, 0.5) is 0 Å². The summed E-state index contributed by atoms with van der Waals surface area (Å²) in [6, 6.07) is 27.9. The molecule has 1 amide bonds. The SMILES string of the molecule is O=C(c1ccc(/C=N\Cc2ccccc2)cc1)N(Cc1ccccc1)N1CCOCC1. The largest absolute Gasteiger partial charge is 0.379 e. The van der Waals surface area contributed by atoms with Crippen LogP contribution in [0.3, 0.4) is 0 Å². The number of hydrazine groups is 1.